The number of hydrogen-bond donors (Lipinski definition) is 0. The molecule has 0 N–H and O–H groups in total. The monoisotopic (exact) mass is 517 g/mol. The van der Waals surface area contributed by atoms with Crippen molar-refractivity contribution in [3.05, 3.63) is 88.4 Å². The summed E-state index contributed by atoms with van der Waals surface area (Å²) in [5, 5.41) is -0.527. The molecular formula is C23H14ClF6NO2S. The molecule has 11 heteroatoms. The molecule has 3 aromatic carbocycles. The van der Waals surface area contributed by atoms with Gasteiger partial charge in [-0.3, -0.25) is 9.69 Å². The van der Waals surface area contributed by atoms with Crippen LogP contribution in [0.25, 0.3) is 0 Å². The molecule has 1 fully saturated rings. The van der Waals surface area contributed by atoms with Gasteiger partial charge >= 0.3 is 12.4 Å². The van der Waals surface area contributed by atoms with Gasteiger partial charge in [0, 0.05) is 10.7 Å². The number of alkyl halides is 6. The van der Waals surface area contributed by atoms with Crippen LogP contribution in [-0.2, 0) is 17.1 Å². The fourth-order valence-corrected chi connectivity index (χ4v) is 4.67. The number of amides is 1. The second-order valence-corrected chi connectivity index (χ2v) is 8.82. The molecule has 178 valence electrons. The highest BCUT2D eigenvalue weighted by Crippen LogP contribution is 2.45. The molecule has 0 aliphatic carbocycles. The van der Waals surface area contributed by atoms with Gasteiger partial charge in [-0.2, -0.15) is 26.3 Å². The van der Waals surface area contributed by atoms with Gasteiger partial charge in [-0.15, -0.1) is 11.8 Å². The molecule has 0 saturated carbocycles. The zero-order chi connectivity index (χ0) is 24.7. The van der Waals surface area contributed by atoms with Crippen LogP contribution in [0.5, 0.6) is 11.5 Å². The average molecular weight is 518 g/mol. The first-order valence-corrected chi connectivity index (χ1v) is 11.1. The lowest BCUT2D eigenvalue weighted by Gasteiger charge is -2.26. The van der Waals surface area contributed by atoms with Crippen LogP contribution in [0.15, 0.2) is 66.7 Å². The molecule has 0 bridgehead atoms. The van der Waals surface area contributed by atoms with E-state index in [1.165, 1.54) is 17.0 Å². The fraction of sp³-hybridized carbons (Fsp3) is 0.174. The predicted octanol–water partition coefficient (Wildman–Crippen LogP) is 7.95. The fourth-order valence-electron chi connectivity index (χ4n) is 3.38. The highest BCUT2D eigenvalue weighted by Gasteiger charge is 2.40. The van der Waals surface area contributed by atoms with E-state index in [2.05, 4.69) is 0 Å². The molecule has 1 atom stereocenters. The van der Waals surface area contributed by atoms with Crippen molar-refractivity contribution in [3.8, 4) is 11.5 Å². The van der Waals surface area contributed by atoms with E-state index in [9.17, 15) is 31.1 Å². The van der Waals surface area contributed by atoms with Crippen molar-refractivity contribution in [2.45, 2.75) is 17.7 Å². The van der Waals surface area contributed by atoms with Gasteiger partial charge in [0.1, 0.15) is 16.9 Å². The molecule has 1 heterocycles. The summed E-state index contributed by atoms with van der Waals surface area (Å²) >= 11 is 6.79. The first kappa shape index (κ1) is 24.3. The Morgan fingerprint density at radius 3 is 1.82 bits per heavy atom. The molecule has 1 aliphatic rings. The molecule has 34 heavy (non-hydrogen) atoms. The Morgan fingerprint density at radius 2 is 1.32 bits per heavy atom. The van der Waals surface area contributed by atoms with E-state index >= 15 is 0 Å². The van der Waals surface area contributed by atoms with Crippen LogP contribution in [0.4, 0.5) is 32.0 Å². The number of hydrogen-bond acceptors (Lipinski definition) is 3. The number of halogens is 7. The first-order valence-electron chi connectivity index (χ1n) is 9.68. The lowest BCUT2D eigenvalue weighted by molar-refractivity contribution is -0.143. The third-order valence-corrected chi connectivity index (χ3v) is 6.39. The Labute approximate surface area is 199 Å². The molecular weight excluding hydrogens is 504 g/mol. The highest BCUT2D eigenvalue weighted by molar-refractivity contribution is 8.00. The van der Waals surface area contributed by atoms with Crippen molar-refractivity contribution in [1.29, 1.82) is 0 Å². The second kappa shape index (κ2) is 9.07. The number of carbonyl (C=O) groups excluding carboxylic acids is 1. The van der Waals surface area contributed by atoms with E-state index in [0.717, 1.165) is 11.8 Å². The van der Waals surface area contributed by atoms with Crippen LogP contribution < -0.4 is 9.64 Å². The Bertz CT molecular complexity index is 1160. The number of thioether (sulfide) groups is 1. The Kier molecular flexibility index (Phi) is 6.48. The van der Waals surface area contributed by atoms with Gasteiger partial charge < -0.3 is 4.74 Å². The van der Waals surface area contributed by atoms with E-state index in [1.54, 1.807) is 36.4 Å². The smallest absolute Gasteiger partial charge is 0.416 e. The molecule has 0 aromatic heterocycles. The summed E-state index contributed by atoms with van der Waals surface area (Å²) in [4.78, 5) is 13.7. The average Bonchev–Trinajstić information content (AvgIpc) is 3.16. The SMILES string of the molecule is O=C1CSC(c2cc(C(F)(F)F)cc(C(F)(F)F)c2)N1c1ccc(Oc2ccc(Cl)cc2)cc1. The third kappa shape index (κ3) is 5.28. The molecule has 1 unspecified atom stereocenters. The van der Waals surface area contributed by atoms with Gasteiger partial charge in [0.25, 0.3) is 0 Å². The van der Waals surface area contributed by atoms with Crippen LogP contribution in [0.1, 0.15) is 22.1 Å². The predicted molar refractivity (Wildman–Crippen MR) is 117 cm³/mol. The maximum Gasteiger partial charge on any atom is 0.416 e. The lowest BCUT2D eigenvalue weighted by Crippen LogP contribution is -2.28. The van der Waals surface area contributed by atoms with Gasteiger partial charge in [-0.05, 0) is 72.3 Å². The van der Waals surface area contributed by atoms with Crippen molar-refractivity contribution in [3.63, 3.8) is 0 Å². The van der Waals surface area contributed by atoms with Crippen molar-refractivity contribution in [2.24, 2.45) is 0 Å². The minimum atomic E-state index is -4.98. The highest BCUT2D eigenvalue weighted by atomic mass is 35.5. The Hall–Kier alpha value is -2.85. The minimum Gasteiger partial charge on any atom is -0.457 e. The summed E-state index contributed by atoms with van der Waals surface area (Å²) in [6.45, 7) is 0. The Morgan fingerprint density at radius 1 is 0.824 bits per heavy atom. The van der Waals surface area contributed by atoms with Gasteiger partial charge in [0.05, 0.1) is 16.9 Å². The van der Waals surface area contributed by atoms with Crippen molar-refractivity contribution in [1.82, 2.24) is 0 Å². The topological polar surface area (TPSA) is 29.5 Å². The van der Waals surface area contributed by atoms with Crippen LogP contribution in [0.3, 0.4) is 0 Å². The summed E-state index contributed by atoms with van der Waals surface area (Å²) in [6, 6.07) is 14.1. The quantitative estimate of drug-likeness (QED) is 0.329. The number of benzene rings is 3. The van der Waals surface area contributed by atoms with Crippen LogP contribution in [0.2, 0.25) is 5.02 Å². The van der Waals surface area contributed by atoms with Gasteiger partial charge in [-0.25, -0.2) is 0 Å². The number of ether oxygens (including phenoxy) is 1. The largest absolute Gasteiger partial charge is 0.457 e. The number of rotatable bonds is 4. The maximum absolute atomic E-state index is 13.3. The molecule has 0 radical (unpaired) electrons. The zero-order valence-corrected chi connectivity index (χ0v) is 18.5. The van der Waals surface area contributed by atoms with E-state index < -0.39 is 34.8 Å². The summed E-state index contributed by atoms with van der Waals surface area (Å²) in [5.41, 5.74) is -2.80. The second-order valence-electron chi connectivity index (χ2n) is 7.32. The molecule has 4 rings (SSSR count). The Balaban J connectivity index is 1.65. The van der Waals surface area contributed by atoms with E-state index in [1.807, 2.05) is 0 Å². The summed E-state index contributed by atoms with van der Waals surface area (Å²) in [6.07, 6.45) is -9.95. The van der Waals surface area contributed by atoms with E-state index in [-0.39, 0.29) is 17.4 Å². The number of nitrogens with zero attached hydrogens (tertiary/aromatic N) is 1. The van der Waals surface area contributed by atoms with Crippen LogP contribution >= 0.6 is 23.4 Å². The standard InChI is InChI=1S/C23H14ClF6NO2S/c24-16-1-5-18(6-2-16)33-19-7-3-17(4-8-19)31-20(32)12-34-21(31)13-9-14(22(25,26)27)11-15(10-13)23(28,29)30/h1-11,21H,12H2. The normalized spacial score (nSPS) is 16.7. The van der Waals surface area contributed by atoms with E-state index in [0.29, 0.717) is 34.3 Å². The zero-order valence-electron chi connectivity index (χ0n) is 17.0. The van der Waals surface area contributed by atoms with Crippen LogP contribution in [-0.4, -0.2) is 11.7 Å². The first-order chi connectivity index (χ1) is 15.9. The molecule has 0 spiro atoms. The van der Waals surface area contributed by atoms with E-state index in [4.69, 9.17) is 16.3 Å². The van der Waals surface area contributed by atoms with Crippen molar-refractivity contribution in [2.75, 3.05) is 10.7 Å². The van der Waals surface area contributed by atoms with Crippen LogP contribution in [0, 0.1) is 0 Å². The third-order valence-electron chi connectivity index (χ3n) is 4.93. The summed E-state index contributed by atoms with van der Waals surface area (Å²) in [7, 11) is 0. The van der Waals surface area contributed by atoms with Crippen molar-refractivity contribution < 1.29 is 35.9 Å². The molecule has 1 aliphatic heterocycles. The van der Waals surface area contributed by atoms with Gasteiger partial charge in [-0.1, -0.05) is 11.6 Å². The molecule has 1 saturated heterocycles. The molecule has 3 aromatic rings. The summed E-state index contributed by atoms with van der Waals surface area (Å²) < 4.78 is 85.4. The number of carbonyl (C=O) groups is 1. The van der Waals surface area contributed by atoms with Gasteiger partial charge in [0.15, 0.2) is 0 Å². The van der Waals surface area contributed by atoms with Crippen molar-refractivity contribution >= 4 is 35.0 Å². The maximum atomic E-state index is 13.3. The molecule has 1 amide bonds. The molecule has 3 nitrogen and oxygen atoms in total. The lowest BCUT2D eigenvalue weighted by atomic mass is 10.0. The number of anilines is 1. The minimum absolute atomic E-state index is 0.0676. The van der Waals surface area contributed by atoms with Gasteiger partial charge in [0.2, 0.25) is 5.91 Å². The summed E-state index contributed by atoms with van der Waals surface area (Å²) in [5.74, 6) is 0.393.